The van der Waals surface area contributed by atoms with E-state index >= 15 is 0 Å². The number of amides is 1. The highest BCUT2D eigenvalue weighted by atomic mass is 16.5. The highest BCUT2D eigenvalue weighted by molar-refractivity contribution is 5.76. The van der Waals surface area contributed by atoms with E-state index in [2.05, 4.69) is 41.4 Å². The van der Waals surface area contributed by atoms with Gasteiger partial charge in [0.05, 0.1) is 0 Å². The number of nitrogens with one attached hydrogen (secondary N) is 1. The third-order valence-corrected chi connectivity index (χ3v) is 5.55. The van der Waals surface area contributed by atoms with Gasteiger partial charge in [-0.1, -0.05) is 30.3 Å². The lowest BCUT2D eigenvalue weighted by Crippen LogP contribution is -2.33. The highest BCUT2D eigenvalue weighted by Gasteiger charge is 2.46. The van der Waals surface area contributed by atoms with Gasteiger partial charge >= 0.3 is 0 Å². The van der Waals surface area contributed by atoms with Crippen LogP contribution in [0.25, 0.3) is 0 Å². The Morgan fingerprint density at radius 2 is 2.04 bits per heavy atom. The summed E-state index contributed by atoms with van der Waals surface area (Å²) in [6.45, 7) is 2.67. The molecule has 6 heteroatoms. The van der Waals surface area contributed by atoms with E-state index in [1.54, 1.807) is 0 Å². The average molecular weight is 341 g/mol. The van der Waals surface area contributed by atoms with E-state index < -0.39 is 0 Å². The van der Waals surface area contributed by atoms with Crippen molar-refractivity contribution in [3.05, 3.63) is 58.1 Å². The molecule has 2 aliphatic rings. The lowest BCUT2D eigenvalue weighted by molar-refractivity contribution is -0.130. The summed E-state index contributed by atoms with van der Waals surface area (Å²) in [6.07, 6.45) is 0.845. The second-order valence-electron chi connectivity index (χ2n) is 7.20. The number of fused-ring (bicyclic) bond motifs is 1. The molecule has 0 saturated carbocycles. The fourth-order valence-electron chi connectivity index (χ4n) is 4.45. The molecule has 25 heavy (non-hydrogen) atoms. The minimum absolute atomic E-state index is 0.146. The van der Waals surface area contributed by atoms with Gasteiger partial charge in [0.1, 0.15) is 5.76 Å². The van der Waals surface area contributed by atoms with Gasteiger partial charge in [0.2, 0.25) is 5.91 Å². The van der Waals surface area contributed by atoms with Crippen molar-refractivity contribution < 1.29 is 9.32 Å². The van der Waals surface area contributed by atoms with Crippen LogP contribution in [0.2, 0.25) is 0 Å². The van der Waals surface area contributed by atoms with E-state index in [0.717, 1.165) is 19.6 Å². The van der Waals surface area contributed by atoms with Crippen molar-refractivity contribution in [2.45, 2.75) is 18.9 Å². The Morgan fingerprint density at radius 1 is 1.24 bits per heavy atom. The number of aromatic amines is 1. The smallest absolute Gasteiger partial charge is 0.280 e. The first kappa shape index (κ1) is 16.1. The molecule has 2 aliphatic heterocycles. The second kappa shape index (κ2) is 6.52. The zero-order chi connectivity index (χ0) is 17.4. The van der Waals surface area contributed by atoms with E-state index in [0.29, 0.717) is 36.5 Å². The third-order valence-electron chi connectivity index (χ3n) is 5.55. The first-order chi connectivity index (χ1) is 12.1. The number of carbonyl (C=O) groups excluding carboxylic acids is 1. The maximum Gasteiger partial charge on any atom is 0.280 e. The van der Waals surface area contributed by atoms with Crippen molar-refractivity contribution in [3.63, 3.8) is 0 Å². The molecule has 2 aromatic rings. The molecule has 0 aliphatic carbocycles. The second-order valence-corrected chi connectivity index (χ2v) is 7.20. The Morgan fingerprint density at radius 3 is 2.76 bits per heavy atom. The Hall–Kier alpha value is -2.34. The maximum absolute atomic E-state index is 12.6. The summed E-state index contributed by atoms with van der Waals surface area (Å²) in [6, 6.07) is 12.4. The van der Waals surface area contributed by atoms with Crippen LogP contribution in [0.3, 0.4) is 0 Å². The van der Waals surface area contributed by atoms with E-state index in [9.17, 15) is 9.59 Å². The van der Waals surface area contributed by atoms with Crippen LogP contribution in [0.4, 0.5) is 0 Å². The molecule has 1 aromatic carbocycles. The average Bonchev–Trinajstić information content (AvgIpc) is 3.27. The molecule has 0 bridgehead atoms. The Bertz CT molecular complexity index is 798. The summed E-state index contributed by atoms with van der Waals surface area (Å²) < 4.78 is 5.03. The first-order valence-electron chi connectivity index (χ1n) is 8.82. The number of aromatic nitrogens is 1. The largest absolute Gasteiger partial charge is 0.384 e. The number of H-pyrrole nitrogens is 1. The van der Waals surface area contributed by atoms with Gasteiger partial charge in [0.15, 0.2) is 0 Å². The minimum Gasteiger partial charge on any atom is -0.384 e. The summed E-state index contributed by atoms with van der Waals surface area (Å²) in [5, 5.41) is 2.26. The number of rotatable bonds is 4. The van der Waals surface area contributed by atoms with Crippen molar-refractivity contribution in [1.82, 2.24) is 15.0 Å². The van der Waals surface area contributed by atoms with Gasteiger partial charge in [-0.25, -0.2) is 0 Å². The molecule has 1 N–H and O–H groups in total. The van der Waals surface area contributed by atoms with Crippen molar-refractivity contribution in [2.75, 3.05) is 26.7 Å². The Balaban J connectivity index is 1.40. The predicted molar refractivity (Wildman–Crippen MR) is 93.0 cm³/mol. The maximum atomic E-state index is 12.6. The number of nitrogens with zero attached hydrogens (tertiary/aromatic N) is 2. The molecule has 132 valence electrons. The fourth-order valence-corrected chi connectivity index (χ4v) is 4.45. The molecule has 0 radical (unpaired) electrons. The van der Waals surface area contributed by atoms with Gasteiger partial charge in [-0.2, -0.15) is 5.16 Å². The van der Waals surface area contributed by atoms with Crippen molar-refractivity contribution >= 4 is 5.91 Å². The molecule has 0 unspecified atom stereocenters. The van der Waals surface area contributed by atoms with E-state index in [1.165, 1.54) is 11.6 Å². The number of hydrogen-bond donors (Lipinski definition) is 1. The van der Waals surface area contributed by atoms with Crippen LogP contribution in [-0.4, -0.2) is 47.5 Å². The van der Waals surface area contributed by atoms with Crippen molar-refractivity contribution in [2.24, 2.45) is 11.8 Å². The molecular weight excluding hydrogens is 318 g/mol. The Labute approximate surface area is 146 Å². The van der Waals surface area contributed by atoms with Crippen LogP contribution in [-0.2, 0) is 11.2 Å². The number of carbonyl (C=O) groups is 1. The lowest BCUT2D eigenvalue weighted by Gasteiger charge is -2.26. The summed E-state index contributed by atoms with van der Waals surface area (Å²) in [5.41, 5.74) is 1.08. The summed E-state index contributed by atoms with van der Waals surface area (Å²) in [7, 11) is 2.18. The first-order valence-corrected chi connectivity index (χ1v) is 8.82. The minimum atomic E-state index is -0.258. The summed E-state index contributed by atoms with van der Waals surface area (Å²) in [4.78, 5) is 28.0. The van der Waals surface area contributed by atoms with Crippen LogP contribution in [0.15, 0.2) is 45.7 Å². The van der Waals surface area contributed by atoms with Gasteiger partial charge < -0.3 is 9.42 Å². The molecule has 3 atom stereocenters. The molecule has 6 nitrogen and oxygen atoms in total. The van der Waals surface area contributed by atoms with Gasteiger partial charge in [0.25, 0.3) is 5.56 Å². The standard InChI is InChI=1S/C19H23N3O3/c1-21-10-14-11-22(18(24)8-7-15-9-17(23)20-25-15)12-16(14)19(21)13-5-3-2-4-6-13/h2-6,9,14,16,19H,7-8,10-12H2,1H3,(H,20,23)/t14-,16+,19-/m0/s1. The van der Waals surface area contributed by atoms with Crippen molar-refractivity contribution in [3.8, 4) is 0 Å². The molecule has 4 rings (SSSR count). The molecule has 1 amide bonds. The quantitative estimate of drug-likeness (QED) is 0.918. The van der Waals surface area contributed by atoms with E-state index in [1.807, 2.05) is 11.0 Å². The van der Waals surface area contributed by atoms with Crippen LogP contribution in [0.1, 0.15) is 23.8 Å². The summed E-state index contributed by atoms with van der Waals surface area (Å²) in [5.74, 6) is 1.71. The SMILES string of the molecule is CN1C[C@H]2CN(C(=O)CCc3cc(=O)[nH]o3)C[C@H]2[C@@H]1c1ccccc1. The number of aryl methyl sites for hydroxylation is 1. The van der Waals surface area contributed by atoms with Crippen LogP contribution < -0.4 is 5.56 Å². The number of hydrogen-bond acceptors (Lipinski definition) is 4. The van der Waals surface area contributed by atoms with Crippen LogP contribution in [0.5, 0.6) is 0 Å². The normalized spacial score (nSPS) is 26.1. The van der Waals surface area contributed by atoms with Crippen LogP contribution in [0, 0.1) is 11.8 Å². The van der Waals surface area contributed by atoms with Crippen molar-refractivity contribution in [1.29, 1.82) is 0 Å². The highest BCUT2D eigenvalue weighted by Crippen LogP contribution is 2.44. The van der Waals surface area contributed by atoms with E-state index in [4.69, 9.17) is 4.52 Å². The lowest BCUT2D eigenvalue weighted by atomic mass is 9.90. The van der Waals surface area contributed by atoms with Gasteiger partial charge in [-0.05, 0) is 18.5 Å². The molecule has 2 saturated heterocycles. The zero-order valence-corrected chi connectivity index (χ0v) is 14.4. The molecule has 1 aromatic heterocycles. The van der Waals surface area contributed by atoms with Gasteiger partial charge in [-0.3, -0.25) is 14.5 Å². The molecule has 0 spiro atoms. The molecule has 2 fully saturated rings. The number of likely N-dealkylation sites (tertiary alicyclic amines) is 2. The van der Waals surface area contributed by atoms with Gasteiger partial charge in [0, 0.05) is 50.5 Å². The summed E-state index contributed by atoms with van der Waals surface area (Å²) >= 11 is 0. The fraction of sp³-hybridized carbons (Fsp3) is 0.474. The number of benzene rings is 1. The van der Waals surface area contributed by atoms with Gasteiger partial charge in [-0.15, -0.1) is 0 Å². The van der Waals surface area contributed by atoms with E-state index in [-0.39, 0.29) is 11.5 Å². The topological polar surface area (TPSA) is 69.6 Å². The predicted octanol–water partition coefficient (Wildman–Crippen LogP) is 1.66. The van der Waals surface area contributed by atoms with Crippen LogP contribution >= 0.6 is 0 Å². The Kier molecular flexibility index (Phi) is 4.21. The molecule has 3 heterocycles. The monoisotopic (exact) mass is 341 g/mol. The zero-order valence-electron chi connectivity index (χ0n) is 14.4. The third kappa shape index (κ3) is 3.14. The molecular formula is C19H23N3O3.